The van der Waals surface area contributed by atoms with Gasteiger partial charge in [0, 0.05) is 18.2 Å². The zero-order valence-corrected chi connectivity index (χ0v) is 24.1. The Balaban J connectivity index is 1.77. The Hall–Kier alpha value is -4.97. The minimum absolute atomic E-state index is 0.0824. The van der Waals surface area contributed by atoms with E-state index in [9.17, 15) is 15.3 Å². The lowest BCUT2D eigenvalue weighted by molar-refractivity contribution is 0.307. The maximum absolute atomic E-state index is 10.9. The normalized spacial score (nSPS) is 10.5. The summed E-state index contributed by atoms with van der Waals surface area (Å²) in [6.07, 6.45) is 3.78. The van der Waals surface area contributed by atoms with E-state index in [4.69, 9.17) is 14.2 Å². The largest absolute Gasteiger partial charge is 0.507 e. The topological polar surface area (TPSA) is 127 Å². The fraction of sp³-hybridized carbons (Fsp3) is 0.303. The molecule has 0 aliphatic rings. The second-order valence-corrected chi connectivity index (χ2v) is 9.46. The van der Waals surface area contributed by atoms with Gasteiger partial charge in [0.25, 0.3) is 0 Å². The molecule has 0 saturated carbocycles. The third kappa shape index (κ3) is 7.61. The average molecular weight is 570 g/mol. The van der Waals surface area contributed by atoms with Crippen LogP contribution in [0.5, 0.6) is 34.5 Å². The van der Waals surface area contributed by atoms with Gasteiger partial charge in [-0.2, -0.15) is 0 Å². The van der Waals surface area contributed by atoms with E-state index in [0.717, 1.165) is 25.7 Å². The third-order valence-electron chi connectivity index (χ3n) is 6.29. The van der Waals surface area contributed by atoms with Crippen LogP contribution in [-0.2, 0) is 0 Å². The van der Waals surface area contributed by atoms with Crippen LogP contribution in [0.4, 0.5) is 0 Å². The molecule has 9 nitrogen and oxygen atoms in total. The highest BCUT2D eigenvalue weighted by molar-refractivity contribution is 5.74. The molecule has 0 aliphatic heterocycles. The summed E-state index contributed by atoms with van der Waals surface area (Å²) in [4.78, 5) is 13.7. The highest BCUT2D eigenvalue weighted by Crippen LogP contribution is 2.37. The fourth-order valence-corrected chi connectivity index (χ4v) is 3.97. The number of hydrogen-bond acceptors (Lipinski definition) is 9. The molecule has 0 amide bonds. The first kappa shape index (κ1) is 30.0. The summed E-state index contributed by atoms with van der Waals surface area (Å²) in [5, 5.41) is 32.6. The number of phenols is 3. The Morgan fingerprint density at radius 2 is 0.976 bits per heavy atom. The molecule has 42 heavy (non-hydrogen) atoms. The lowest BCUT2D eigenvalue weighted by Crippen LogP contribution is -2.02. The molecule has 3 aromatic carbocycles. The van der Waals surface area contributed by atoms with Gasteiger partial charge < -0.3 is 29.5 Å². The van der Waals surface area contributed by atoms with Crippen molar-refractivity contribution >= 4 is 0 Å². The molecule has 4 rings (SSSR count). The van der Waals surface area contributed by atoms with Crippen molar-refractivity contribution in [3.63, 3.8) is 0 Å². The Kier molecular flexibility index (Phi) is 10.4. The molecule has 9 heteroatoms. The maximum Gasteiger partial charge on any atom is 0.167 e. The molecule has 0 unspecified atom stereocenters. The second kappa shape index (κ2) is 14.6. The Morgan fingerprint density at radius 3 is 1.31 bits per heavy atom. The highest BCUT2D eigenvalue weighted by atomic mass is 16.5. The number of hydrogen-bond donors (Lipinski definition) is 3. The number of phenolic OH excluding ortho intramolecular Hbond substituents is 3. The van der Waals surface area contributed by atoms with Crippen LogP contribution in [0.1, 0.15) is 46.5 Å². The summed E-state index contributed by atoms with van der Waals surface area (Å²) in [7, 11) is 0. The highest BCUT2D eigenvalue weighted by Gasteiger charge is 2.19. The molecule has 218 valence electrons. The van der Waals surface area contributed by atoms with E-state index >= 15 is 0 Å². The number of nitrogens with zero attached hydrogens (tertiary/aromatic N) is 3. The number of rotatable bonds is 13. The zero-order valence-electron chi connectivity index (χ0n) is 24.1. The van der Waals surface area contributed by atoms with E-state index in [2.05, 4.69) is 40.6 Å². The van der Waals surface area contributed by atoms with Crippen LogP contribution < -0.4 is 14.2 Å². The first-order valence-corrected chi connectivity index (χ1v) is 14.0. The molecule has 0 aliphatic carbocycles. The quantitative estimate of drug-likeness (QED) is 0.118. The summed E-state index contributed by atoms with van der Waals surface area (Å²) in [5.74, 6) is 7.19. The summed E-state index contributed by atoms with van der Waals surface area (Å²) in [6, 6.07) is 14.6. The van der Waals surface area contributed by atoms with Gasteiger partial charge in [0.1, 0.15) is 41.1 Å². The lowest BCUT2D eigenvalue weighted by atomic mass is 10.1. The second-order valence-electron chi connectivity index (χ2n) is 9.46. The summed E-state index contributed by atoms with van der Waals surface area (Å²) in [6.45, 7) is 7.13. The van der Waals surface area contributed by atoms with Crippen molar-refractivity contribution in [2.45, 2.75) is 46.5 Å². The van der Waals surface area contributed by atoms with Gasteiger partial charge in [-0.05, 0) is 56.2 Å². The standard InChI is InChI=1S/C33H35N3O6/c1-4-7-16-40-22-10-13-25(28(37)19-22)31-34-32(26-14-11-23(20-29(26)38)41-17-8-5-2)36-33(35-31)27-15-12-24(21-30(27)39)42-18-9-6-3/h10-15,19-21,37-39H,4-5,7-8,16-18H2,1-3H3. The van der Waals surface area contributed by atoms with Gasteiger partial charge in [0.05, 0.1) is 29.9 Å². The van der Waals surface area contributed by atoms with Crippen LogP contribution in [0, 0.1) is 11.8 Å². The van der Waals surface area contributed by atoms with Gasteiger partial charge >= 0.3 is 0 Å². The molecule has 3 N–H and O–H groups in total. The van der Waals surface area contributed by atoms with Crippen LogP contribution in [0.2, 0.25) is 0 Å². The average Bonchev–Trinajstić information content (AvgIpc) is 2.97. The summed E-state index contributed by atoms with van der Waals surface area (Å²) >= 11 is 0. The van der Waals surface area contributed by atoms with E-state index in [1.165, 1.54) is 18.2 Å². The van der Waals surface area contributed by atoms with Gasteiger partial charge in [-0.3, -0.25) is 0 Å². The van der Waals surface area contributed by atoms with Crippen LogP contribution >= 0.6 is 0 Å². The van der Waals surface area contributed by atoms with Crippen molar-refractivity contribution in [2.24, 2.45) is 0 Å². The minimum atomic E-state index is -0.118. The monoisotopic (exact) mass is 569 g/mol. The lowest BCUT2D eigenvalue weighted by Gasteiger charge is -2.13. The number of aromatic hydroxyl groups is 3. The summed E-state index contributed by atoms with van der Waals surface area (Å²) in [5.41, 5.74) is 0.977. The molecular weight excluding hydrogens is 534 g/mol. The number of aromatic nitrogens is 3. The van der Waals surface area contributed by atoms with E-state index in [0.29, 0.717) is 47.2 Å². The number of ether oxygens (including phenoxy) is 3. The van der Waals surface area contributed by atoms with Crippen LogP contribution in [0.3, 0.4) is 0 Å². The van der Waals surface area contributed by atoms with E-state index in [-0.39, 0.29) is 41.3 Å². The molecule has 0 saturated heterocycles. The van der Waals surface area contributed by atoms with E-state index in [1.807, 2.05) is 0 Å². The van der Waals surface area contributed by atoms with Crippen molar-refractivity contribution < 1.29 is 29.5 Å². The van der Waals surface area contributed by atoms with Gasteiger partial charge in [0.15, 0.2) is 17.5 Å². The van der Waals surface area contributed by atoms with Crippen LogP contribution in [0.15, 0.2) is 54.6 Å². The summed E-state index contributed by atoms with van der Waals surface area (Å²) < 4.78 is 17.0. The van der Waals surface area contributed by atoms with Gasteiger partial charge in [-0.15, -0.1) is 5.92 Å². The van der Waals surface area contributed by atoms with Crippen molar-refractivity contribution in [3.05, 3.63) is 54.6 Å². The maximum atomic E-state index is 10.9. The molecule has 0 atom stereocenters. The van der Waals surface area contributed by atoms with Crippen LogP contribution in [-0.4, -0.2) is 50.1 Å². The smallest absolute Gasteiger partial charge is 0.167 e. The molecule has 0 radical (unpaired) electrons. The van der Waals surface area contributed by atoms with E-state index < -0.39 is 0 Å². The van der Waals surface area contributed by atoms with Gasteiger partial charge in [-0.1, -0.05) is 32.6 Å². The Labute approximate surface area is 245 Å². The molecule has 0 bridgehead atoms. The van der Waals surface area contributed by atoms with Crippen molar-refractivity contribution in [1.82, 2.24) is 15.0 Å². The van der Waals surface area contributed by atoms with E-state index in [1.54, 1.807) is 43.3 Å². The first-order chi connectivity index (χ1) is 20.4. The molecule has 0 fully saturated rings. The predicted octanol–water partition coefficient (Wildman–Crippen LogP) is 6.75. The van der Waals surface area contributed by atoms with Crippen molar-refractivity contribution in [1.29, 1.82) is 0 Å². The first-order valence-electron chi connectivity index (χ1n) is 14.0. The van der Waals surface area contributed by atoms with Crippen LogP contribution in [0.25, 0.3) is 34.2 Å². The zero-order chi connectivity index (χ0) is 29.9. The van der Waals surface area contributed by atoms with Crippen molar-refractivity contribution in [3.8, 4) is 80.5 Å². The third-order valence-corrected chi connectivity index (χ3v) is 6.29. The molecule has 1 aromatic heterocycles. The number of benzene rings is 3. The van der Waals surface area contributed by atoms with Gasteiger partial charge in [-0.25, -0.2) is 15.0 Å². The molecule has 1 heterocycles. The predicted molar refractivity (Wildman–Crippen MR) is 161 cm³/mol. The molecule has 0 spiro atoms. The van der Waals surface area contributed by atoms with Crippen molar-refractivity contribution in [2.75, 3.05) is 19.8 Å². The Morgan fingerprint density at radius 1 is 0.595 bits per heavy atom. The SMILES string of the molecule is CC#CCOc1ccc(-c2nc(-c3ccc(OCCCC)cc3O)nc(-c3ccc(OCCCC)cc3O)n2)c(O)c1. The molecular formula is C33H35N3O6. The number of unbranched alkanes of at least 4 members (excludes halogenated alkanes) is 2. The van der Waals surface area contributed by atoms with Gasteiger partial charge in [0.2, 0.25) is 0 Å². The Bertz CT molecular complexity index is 1500. The fourth-order valence-electron chi connectivity index (χ4n) is 3.97. The molecule has 4 aromatic rings. The minimum Gasteiger partial charge on any atom is -0.507 e.